The fraction of sp³-hybridized carbons (Fsp3) is 0.364. The van der Waals surface area contributed by atoms with Crippen molar-refractivity contribution < 1.29 is 4.74 Å². The van der Waals surface area contributed by atoms with Crippen LogP contribution in [-0.2, 0) is 12.3 Å². The first-order valence-corrected chi connectivity index (χ1v) is 6.54. The Hall–Kier alpha value is -1.60. The van der Waals surface area contributed by atoms with Gasteiger partial charge in [0.25, 0.3) is 0 Å². The molecule has 0 aliphatic carbocycles. The lowest BCUT2D eigenvalue weighted by molar-refractivity contribution is 0.414. The molecular weight excluding hydrogens is 250 g/mol. The summed E-state index contributed by atoms with van der Waals surface area (Å²) in [4.78, 5) is 0. The van der Waals surface area contributed by atoms with E-state index in [0.29, 0.717) is 13.1 Å². The number of nitrogens with zero attached hydrogens (tertiary/aromatic N) is 4. The lowest BCUT2D eigenvalue weighted by Crippen LogP contribution is -2.12. The molecule has 2 aromatic rings. The zero-order valence-corrected chi connectivity index (χ0v) is 10.9. The van der Waals surface area contributed by atoms with Gasteiger partial charge in [-0.1, -0.05) is 23.9 Å². The van der Waals surface area contributed by atoms with Crippen molar-refractivity contribution in [1.82, 2.24) is 20.2 Å². The van der Waals surface area contributed by atoms with Gasteiger partial charge in [0, 0.05) is 12.3 Å². The second-order valence-corrected chi connectivity index (χ2v) is 4.56. The van der Waals surface area contributed by atoms with Crippen molar-refractivity contribution in [2.24, 2.45) is 5.73 Å². The summed E-state index contributed by atoms with van der Waals surface area (Å²) in [5, 5.41) is 12.3. The minimum Gasteiger partial charge on any atom is -0.497 e. The Labute approximate surface area is 110 Å². The van der Waals surface area contributed by atoms with Crippen LogP contribution in [0.1, 0.15) is 5.56 Å². The van der Waals surface area contributed by atoms with E-state index in [9.17, 15) is 0 Å². The maximum atomic E-state index is 5.49. The van der Waals surface area contributed by atoms with Gasteiger partial charge in [-0.15, -0.1) is 5.10 Å². The average Bonchev–Trinajstić information content (AvgIpc) is 2.85. The first-order chi connectivity index (χ1) is 8.83. The Morgan fingerprint density at radius 3 is 3.11 bits per heavy atom. The highest BCUT2D eigenvalue weighted by Crippen LogP contribution is 2.22. The molecule has 2 rings (SSSR count). The molecule has 0 radical (unpaired) electrons. The van der Waals surface area contributed by atoms with Crippen molar-refractivity contribution in [3.05, 3.63) is 29.8 Å². The number of benzene rings is 1. The quantitative estimate of drug-likeness (QED) is 0.783. The van der Waals surface area contributed by atoms with Gasteiger partial charge in [-0.2, -0.15) is 0 Å². The second-order valence-electron chi connectivity index (χ2n) is 3.61. The second kappa shape index (κ2) is 6.36. The van der Waals surface area contributed by atoms with Gasteiger partial charge in [0.05, 0.1) is 13.7 Å². The van der Waals surface area contributed by atoms with E-state index in [2.05, 4.69) is 15.5 Å². The van der Waals surface area contributed by atoms with Crippen molar-refractivity contribution in [2.45, 2.75) is 17.5 Å². The molecule has 0 fully saturated rings. The first kappa shape index (κ1) is 12.8. The molecule has 0 aliphatic rings. The third kappa shape index (κ3) is 3.21. The van der Waals surface area contributed by atoms with Gasteiger partial charge in [0.1, 0.15) is 5.75 Å². The molecule has 7 heteroatoms. The van der Waals surface area contributed by atoms with Gasteiger partial charge < -0.3 is 10.5 Å². The summed E-state index contributed by atoms with van der Waals surface area (Å²) < 4.78 is 6.90. The topological polar surface area (TPSA) is 78.9 Å². The third-order valence-electron chi connectivity index (χ3n) is 2.34. The lowest BCUT2D eigenvalue weighted by atomic mass is 10.2. The van der Waals surface area contributed by atoms with Crippen molar-refractivity contribution in [3.63, 3.8) is 0 Å². The highest BCUT2D eigenvalue weighted by atomic mass is 32.2. The molecule has 0 saturated heterocycles. The highest BCUT2D eigenvalue weighted by Gasteiger charge is 2.06. The molecule has 0 spiro atoms. The first-order valence-electron chi connectivity index (χ1n) is 5.55. The van der Waals surface area contributed by atoms with Gasteiger partial charge in [0.2, 0.25) is 5.16 Å². The van der Waals surface area contributed by atoms with Crippen LogP contribution >= 0.6 is 11.8 Å². The summed E-state index contributed by atoms with van der Waals surface area (Å²) in [6.45, 7) is 1.16. The smallest absolute Gasteiger partial charge is 0.209 e. The van der Waals surface area contributed by atoms with Gasteiger partial charge >= 0.3 is 0 Å². The summed E-state index contributed by atoms with van der Waals surface area (Å²) in [5.41, 5.74) is 6.66. The number of tetrazole rings is 1. The van der Waals surface area contributed by atoms with E-state index in [1.54, 1.807) is 23.6 Å². The molecule has 0 aliphatic heterocycles. The lowest BCUT2D eigenvalue weighted by Gasteiger charge is -2.04. The predicted octanol–water partition coefficient (Wildman–Crippen LogP) is 0.933. The molecule has 0 atom stereocenters. The van der Waals surface area contributed by atoms with E-state index in [1.165, 1.54) is 5.56 Å². The number of aromatic nitrogens is 4. The summed E-state index contributed by atoms with van der Waals surface area (Å²) in [6.07, 6.45) is 0. The van der Waals surface area contributed by atoms with Crippen molar-refractivity contribution in [1.29, 1.82) is 0 Å². The van der Waals surface area contributed by atoms with E-state index >= 15 is 0 Å². The van der Waals surface area contributed by atoms with Crippen LogP contribution in [0.15, 0.2) is 29.4 Å². The van der Waals surface area contributed by atoms with E-state index in [0.717, 1.165) is 16.7 Å². The Balaban J connectivity index is 1.99. The van der Waals surface area contributed by atoms with Crippen molar-refractivity contribution in [2.75, 3.05) is 13.7 Å². The highest BCUT2D eigenvalue weighted by molar-refractivity contribution is 7.98. The Kier molecular flexibility index (Phi) is 4.54. The van der Waals surface area contributed by atoms with Crippen LogP contribution < -0.4 is 10.5 Å². The number of nitrogens with two attached hydrogens (primary N) is 1. The molecule has 6 nitrogen and oxygen atoms in total. The Morgan fingerprint density at radius 2 is 2.33 bits per heavy atom. The summed E-state index contributed by atoms with van der Waals surface area (Å²) in [7, 11) is 1.66. The number of methoxy groups -OCH3 is 1. The molecule has 0 saturated carbocycles. The number of ether oxygens (including phenoxy) is 1. The van der Waals surface area contributed by atoms with E-state index in [1.807, 2.05) is 24.3 Å². The number of thioether (sulfide) groups is 1. The molecule has 1 aromatic heterocycles. The van der Waals surface area contributed by atoms with Crippen LogP contribution in [-0.4, -0.2) is 33.9 Å². The Morgan fingerprint density at radius 1 is 1.44 bits per heavy atom. The largest absolute Gasteiger partial charge is 0.497 e. The monoisotopic (exact) mass is 265 g/mol. The minimum absolute atomic E-state index is 0.526. The molecule has 1 heterocycles. The molecule has 0 bridgehead atoms. The van der Waals surface area contributed by atoms with Crippen molar-refractivity contribution >= 4 is 11.8 Å². The zero-order chi connectivity index (χ0) is 12.8. The summed E-state index contributed by atoms with van der Waals surface area (Å²) in [6, 6.07) is 7.95. The average molecular weight is 265 g/mol. The Bertz CT molecular complexity index is 502. The minimum atomic E-state index is 0.526. The third-order valence-corrected chi connectivity index (χ3v) is 3.37. The standard InChI is InChI=1S/C11H15N5OS/c1-17-10-4-2-3-9(7-10)8-18-11-13-14-15-16(11)6-5-12/h2-4,7H,5-6,8,12H2,1H3. The van der Waals surface area contributed by atoms with Gasteiger partial charge in [0.15, 0.2) is 0 Å². The van der Waals surface area contributed by atoms with Crippen LogP contribution in [0.5, 0.6) is 5.75 Å². The summed E-state index contributed by atoms with van der Waals surface area (Å²) >= 11 is 1.58. The van der Waals surface area contributed by atoms with Crippen LogP contribution in [0.25, 0.3) is 0 Å². The van der Waals surface area contributed by atoms with Crippen LogP contribution in [0.3, 0.4) is 0 Å². The molecule has 96 valence electrons. The maximum absolute atomic E-state index is 5.49. The van der Waals surface area contributed by atoms with Gasteiger partial charge in [-0.05, 0) is 28.1 Å². The maximum Gasteiger partial charge on any atom is 0.209 e. The SMILES string of the molecule is COc1cccc(CSc2nnnn2CCN)c1. The van der Waals surface area contributed by atoms with E-state index in [4.69, 9.17) is 10.5 Å². The zero-order valence-electron chi connectivity index (χ0n) is 10.1. The fourth-order valence-electron chi connectivity index (χ4n) is 1.47. The predicted molar refractivity (Wildman–Crippen MR) is 69.4 cm³/mol. The van der Waals surface area contributed by atoms with Gasteiger partial charge in [-0.3, -0.25) is 0 Å². The van der Waals surface area contributed by atoms with Crippen molar-refractivity contribution in [3.8, 4) is 5.75 Å². The summed E-state index contributed by atoms with van der Waals surface area (Å²) in [5.74, 6) is 1.65. The van der Waals surface area contributed by atoms with Crippen LogP contribution in [0.4, 0.5) is 0 Å². The van der Waals surface area contributed by atoms with Crippen LogP contribution in [0, 0.1) is 0 Å². The molecule has 1 aromatic carbocycles. The number of rotatable bonds is 6. The molecule has 0 unspecified atom stereocenters. The molecule has 2 N–H and O–H groups in total. The molecule has 0 amide bonds. The number of hydrogen-bond donors (Lipinski definition) is 1. The fourth-order valence-corrected chi connectivity index (χ4v) is 2.32. The molecular formula is C11H15N5OS. The van der Waals surface area contributed by atoms with E-state index < -0.39 is 0 Å². The normalized spacial score (nSPS) is 10.6. The van der Waals surface area contributed by atoms with E-state index in [-0.39, 0.29) is 0 Å². The van der Waals surface area contributed by atoms with Gasteiger partial charge in [-0.25, -0.2) is 4.68 Å². The molecule has 18 heavy (non-hydrogen) atoms. The number of hydrogen-bond acceptors (Lipinski definition) is 6. The van der Waals surface area contributed by atoms with Crippen LogP contribution in [0.2, 0.25) is 0 Å².